The van der Waals surface area contributed by atoms with Gasteiger partial charge in [-0.15, -0.1) is 0 Å². The van der Waals surface area contributed by atoms with E-state index in [1.807, 2.05) is 30.1 Å². The zero-order valence-electron chi connectivity index (χ0n) is 12.2. The zero-order chi connectivity index (χ0) is 14.5. The number of amides is 1. The van der Waals surface area contributed by atoms with Gasteiger partial charge in [-0.25, -0.2) is 0 Å². The van der Waals surface area contributed by atoms with Gasteiger partial charge in [-0.3, -0.25) is 4.79 Å². The molecule has 1 heterocycles. The summed E-state index contributed by atoms with van der Waals surface area (Å²) in [5.41, 5.74) is 1.21. The zero-order valence-corrected chi connectivity index (χ0v) is 13.8. The summed E-state index contributed by atoms with van der Waals surface area (Å²) in [6, 6.07) is 8.16. The first-order valence-electron chi connectivity index (χ1n) is 7.28. The number of carbonyl (C=O) groups excluding carboxylic acids is 1. The molecule has 1 aromatic rings. The summed E-state index contributed by atoms with van der Waals surface area (Å²) in [7, 11) is 1.97. The first-order valence-corrected chi connectivity index (χ1v) is 8.08. The molecule has 1 N–H and O–H groups in total. The number of likely N-dealkylation sites (tertiary alicyclic amines) is 1. The Hall–Kier alpha value is -0.870. The van der Waals surface area contributed by atoms with Crippen molar-refractivity contribution >= 4 is 21.8 Å². The molecule has 0 aliphatic carbocycles. The minimum atomic E-state index is 0.251. The van der Waals surface area contributed by atoms with Crippen LogP contribution in [0.15, 0.2) is 28.7 Å². The van der Waals surface area contributed by atoms with Crippen LogP contribution in [0, 0.1) is 5.92 Å². The summed E-state index contributed by atoms with van der Waals surface area (Å²) in [4.78, 5) is 14.4. The van der Waals surface area contributed by atoms with Crippen LogP contribution < -0.4 is 5.32 Å². The molecule has 4 heteroatoms. The van der Waals surface area contributed by atoms with E-state index in [9.17, 15) is 4.79 Å². The van der Waals surface area contributed by atoms with Crippen molar-refractivity contribution in [3.05, 3.63) is 34.3 Å². The molecule has 1 aliphatic heterocycles. The number of hydrogen-bond donors (Lipinski definition) is 1. The number of rotatable bonds is 5. The average Bonchev–Trinajstić information content (AvgIpc) is 2.88. The SMILES string of the molecule is CNCC1CCN(C(=O)CC(C)c2ccccc2Br)C1. The molecule has 0 aromatic heterocycles. The van der Waals surface area contributed by atoms with E-state index in [1.54, 1.807) is 0 Å². The number of carbonyl (C=O) groups is 1. The largest absolute Gasteiger partial charge is 0.342 e. The first kappa shape index (κ1) is 15.5. The second kappa shape index (κ2) is 7.23. The van der Waals surface area contributed by atoms with Crippen LogP contribution in [0.1, 0.15) is 31.2 Å². The van der Waals surface area contributed by atoms with Crippen LogP contribution in [0.3, 0.4) is 0 Å². The Balaban J connectivity index is 1.90. The number of nitrogens with one attached hydrogen (secondary N) is 1. The highest BCUT2D eigenvalue weighted by molar-refractivity contribution is 9.10. The predicted molar refractivity (Wildman–Crippen MR) is 85.8 cm³/mol. The minimum Gasteiger partial charge on any atom is -0.342 e. The van der Waals surface area contributed by atoms with Crippen molar-refractivity contribution in [2.75, 3.05) is 26.7 Å². The summed E-state index contributed by atoms with van der Waals surface area (Å²) in [5.74, 6) is 1.15. The van der Waals surface area contributed by atoms with E-state index in [2.05, 4.69) is 34.2 Å². The molecule has 0 spiro atoms. The van der Waals surface area contributed by atoms with Crippen molar-refractivity contribution in [2.45, 2.75) is 25.7 Å². The van der Waals surface area contributed by atoms with Gasteiger partial charge in [0.15, 0.2) is 0 Å². The number of nitrogens with zero attached hydrogens (tertiary/aromatic N) is 1. The van der Waals surface area contributed by atoms with Crippen molar-refractivity contribution in [3.8, 4) is 0 Å². The van der Waals surface area contributed by atoms with E-state index in [-0.39, 0.29) is 11.8 Å². The molecule has 2 rings (SSSR count). The van der Waals surface area contributed by atoms with Crippen LogP contribution in [0.4, 0.5) is 0 Å². The van der Waals surface area contributed by atoms with Gasteiger partial charge in [0.1, 0.15) is 0 Å². The van der Waals surface area contributed by atoms with Gasteiger partial charge in [-0.1, -0.05) is 41.1 Å². The van der Waals surface area contributed by atoms with Crippen LogP contribution in [-0.4, -0.2) is 37.5 Å². The van der Waals surface area contributed by atoms with E-state index < -0.39 is 0 Å². The maximum Gasteiger partial charge on any atom is 0.223 e. The maximum atomic E-state index is 12.4. The highest BCUT2D eigenvalue weighted by Gasteiger charge is 2.26. The molecule has 0 radical (unpaired) electrons. The van der Waals surface area contributed by atoms with Gasteiger partial charge in [0, 0.05) is 24.0 Å². The van der Waals surface area contributed by atoms with Gasteiger partial charge in [-0.05, 0) is 43.5 Å². The molecule has 1 amide bonds. The molecular formula is C16H23BrN2O. The molecule has 1 aromatic carbocycles. The fourth-order valence-electron chi connectivity index (χ4n) is 2.89. The molecule has 1 aliphatic rings. The molecule has 1 saturated heterocycles. The smallest absolute Gasteiger partial charge is 0.223 e. The number of hydrogen-bond acceptors (Lipinski definition) is 2. The molecule has 0 saturated carbocycles. The molecule has 3 nitrogen and oxygen atoms in total. The van der Waals surface area contributed by atoms with Crippen LogP contribution in [0.2, 0.25) is 0 Å². The standard InChI is InChI=1S/C16H23BrN2O/c1-12(14-5-3-4-6-15(14)17)9-16(20)19-8-7-13(11-19)10-18-2/h3-6,12-13,18H,7-11H2,1-2H3. The highest BCUT2D eigenvalue weighted by Crippen LogP contribution is 2.28. The summed E-state index contributed by atoms with van der Waals surface area (Å²) in [6.45, 7) is 4.94. The van der Waals surface area contributed by atoms with Crippen LogP contribution >= 0.6 is 15.9 Å². The van der Waals surface area contributed by atoms with E-state index in [4.69, 9.17) is 0 Å². The molecule has 1 fully saturated rings. The van der Waals surface area contributed by atoms with Crippen molar-refractivity contribution in [1.82, 2.24) is 10.2 Å². The van der Waals surface area contributed by atoms with Crippen LogP contribution in [0.25, 0.3) is 0 Å². The fourth-order valence-corrected chi connectivity index (χ4v) is 3.57. The third-order valence-corrected chi connectivity index (χ3v) is 4.77. The monoisotopic (exact) mass is 338 g/mol. The first-order chi connectivity index (χ1) is 9.61. The van der Waals surface area contributed by atoms with Crippen molar-refractivity contribution in [2.24, 2.45) is 5.92 Å². The summed E-state index contributed by atoms with van der Waals surface area (Å²) in [6.07, 6.45) is 1.71. The lowest BCUT2D eigenvalue weighted by Gasteiger charge is -2.20. The Morgan fingerprint density at radius 3 is 2.95 bits per heavy atom. The van der Waals surface area contributed by atoms with Crippen molar-refractivity contribution < 1.29 is 4.79 Å². The van der Waals surface area contributed by atoms with Crippen molar-refractivity contribution in [1.29, 1.82) is 0 Å². The lowest BCUT2D eigenvalue weighted by molar-refractivity contribution is -0.130. The number of benzene rings is 1. The summed E-state index contributed by atoms with van der Waals surface area (Å²) in [5, 5.41) is 3.20. The third kappa shape index (κ3) is 3.83. The maximum absolute atomic E-state index is 12.4. The topological polar surface area (TPSA) is 32.3 Å². The van der Waals surface area contributed by atoms with Gasteiger partial charge < -0.3 is 10.2 Å². The molecule has 2 unspecified atom stereocenters. The van der Waals surface area contributed by atoms with Crippen molar-refractivity contribution in [3.63, 3.8) is 0 Å². The van der Waals surface area contributed by atoms with Gasteiger partial charge in [0.25, 0.3) is 0 Å². The molecule has 110 valence electrons. The second-order valence-corrected chi connectivity index (χ2v) is 6.53. The van der Waals surface area contributed by atoms with Gasteiger partial charge >= 0.3 is 0 Å². The van der Waals surface area contributed by atoms with Gasteiger partial charge in [0.05, 0.1) is 0 Å². The van der Waals surface area contributed by atoms with E-state index in [0.717, 1.165) is 30.5 Å². The predicted octanol–water partition coefficient (Wildman–Crippen LogP) is 3.01. The highest BCUT2D eigenvalue weighted by atomic mass is 79.9. The van der Waals surface area contributed by atoms with Crippen LogP contribution in [-0.2, 0) is 4.79 Å². The van der Waals surface area contributed by atoms with Crippen LogP contribution in [0.5, 0.6) is 0 Å². The Morgan fingerprint density at radius 1 is 1.50 bits per heavy atom. The quantitative estimate of drug-likeness (QED) is 0.894. The molecule has 2 atom stereocenters. The van der Waals surface area contributed by atoms with E-state index in [1.165, 1.54) is 5.56 Å². The Bertz CT molecular complexity index is 464. The van der Waals surface area contributed by atoms with E-state index >= 15 is 0 Å². The lowest BCUT2D eigenvalue weighted by atomic mass is 9.97. The Labute approximate surface area is 129 Å². The Kier molecular flexibility index (Phi) is 5.61. The molecular weight excluding hydrogens is 316 g/mol. The minimum absolute atomic E-state index is 0.251. The second-order valence-electron chi connectivity index (χ2n) is 5.68. The number of halogens is 1. The molecule has 0 bridgehead atoms. The van der Waals surface area contributed by atoms with Gasteiger partial charge in [0.2, 0.25) is 5.91 Å². The lowest BCUT2D eigenvalue weighted by Crippen LogP contribution is -2.31. The Morgan fingerprint density at radius 2 is 2.25 bits per heavy atom. The summed E-state index contributed by atoms with van der Waals surface area (Å²) < 4.78 is 1.09. The molecule has 20 heavy (non-hydrogen) atoms. The fraction of sp³-hybridized carbons (Fsp3) is 0.562. The third-order valence-electron chi connectivity index (χ3n) is 4.05. The summed E-state index contributed by atoms with van der Waals surface area (Å²) >= 11 is 3.57. The normalized spacial score (nSPS) is 20.1. The van der Waals surface area contributed by atoms with Gasteiger partial charge in [-0.2, -0.15) is 0 Å². The average molecular weight is 339 g/mol. The van der Waals surface area contributed by atoms with E-state index in [0.29, 0.717) is 12.3 Å².